The van der Waals surface area contributed by atoms with E-state index in [4.69, 9.17) is 20.9 Å². The van der Waals surface area contributed by atoms with Gasteiger partial charge < -0.3 is 9.31 Å². The molecule has 96 valence electrons. The lowest BCUT2D eigenvalue weighted by Gasteiger charge is -2.32. The third-order valence-corrected chi connectivity index (χ3v) is 3.84. The summed E-state index contributed by atoms with van der Waals surface area (Å²) in [6.07, 6.45) is 1.98. The molecule has 0 bridgehead atoms. The Morgan fingerprint density at radius 3 is 2.00 bits per heavy atom. The first-order valence-electron chi connectivity index (χ1n) is 6.10. The van der Waals surface area contributed by atoms with Gasteiger partial charge in [-0.25, -0.2) is 0 Å². The third-order valence-electron chi connectivity index (χ3n) is 3.59. The monoisotopic (exact) mass is 264 g/mol. The molecular weight excluding hydrogens is 246 g/mol. The number of hydrogen-bond acceptors (Lipinski definition) is 2. The fourth-order valence-corrected chi connectivity index (χ4v) is 1.86. The van der Waals surface area contributed by atoms with E-state index >= 15 is 0 Å². The van der Waals surface area contributed by atoms with E-state index in [0.717, 1.165) is 10.6 Å². The summed E-state index contributed by atoms with van der Waals surface area (Å²) in [4.78, 5) is 0. The van der Waals surface area contributed by atoms with Gasteiger partial charge >= 0.3 is 7.12 Å². The predicted octanol–water partition coefficient (Wildman–Crippen LogP) is 3.98. The quantitative estimate of drug-likeness (QED) is 0.752. The molecule has 0 N–H and O–H groups in total. The lowest BCUT2D eigenvalue weighted by molar-refractivity contribution is 0.00578. The highest BCUT2D eigenvalue weighted by Gasteiger charge is 2.49. The topological polar surface area (TPSA) is 18.5 Å². The maximum Gasteiger partial charge on any atom is 0.487 e. The van der Waals surface area contributed by atoms with Crippen LogP contribution in [0, 0.1) is 0 Å². The number of halogens is 1. The number of hydrogen-bond donors (Lipinski definition) is 0. The fraction of sp³-hybridized carbons (Fsp3) is 0.429. The summed E-state index contributed by atoms with van der Waals surface area (Å²) >= 11 is 5.84. The van der Waals surface area contributed by atoms with E-state index in [1.807, 2.05) is 64.0 Å². The van der Waals surface area contributed by atoms with Crippen LogP contribution >= 0.6 is 11.6 Å². The van der Waals surface area contributed by atoms with Gasteiger partial charge in [-0.3, -0.25) is 0 Å². The van der Waals surface area contributed by atoms with Crippen LogP contribution in [0.25, 0.3) is 6.08 Å². The molecule has 1 aromatic carbocycles. The van der Waals surface area contributed by atoms with Crippen molar-refractivity contribution in [2.24, 2.45) is 0 Å². The first-order valence-corrected chi connectivity index (χ1v) is 6.47. The zero-order chi connectivity index (χ0) is 13.4. The lowest BCUT2D eigenvalue weighted by atomic mass is 9.89. The molecule has 2 rings (SSSR count). The van der Waals surface area contributed by atoms with Gasteiger partial charge in [0, 0.05) is 5.02 Å². The molecule has 0 radical (unpaired) electrons. The fourth-order valence-electron chi connectivity index (χ4n) is 1.73. The van der Waals surface area contributed by atoms with Gasteiger partial charge in [-0.1, -0.05) is 35.8 Å². The largest absolute Gasteiger partial charge is 0.487 e. The molecular formula is C14H18BClO2. The molecule has 0 spiro atoms. The van der Waals surface area contributed by atoms with Crippen molar-refractivity contribution in [1.29, 1.82) is 0 Å². The van der Waals surface area contributed by atoms with Gasteiger partial charge in [0.15, 0.2) is 0 Å². The lowest BCUT2D eigenvalue weighted by Crippen LogP contribution is -2.41. The van der Waals surface area contributed by atoms with E-state index in [1.54, 1.807) is 0 Å². The number of benzene rings is 1. The third kappa shape index (κ3) is 2.79. The van der Waals surface area contributed by atoms with Crippen molar-refractivity contribution >= 4 is 24.8 Å². The summed E-state index contributed by atoms with van der Waals surface area (Å²) < 4.78 is 11.7. The van der Waals surface area contributed by atoms with Crippen LogP contribution in [0.1, 0.15) is 33.3 Å². The Labute approximate surface area is 114 Å². The van der Waals surface area contributed by atoms with E-state index in [0.29, 0.717) is 0 Å². The maximum absolute atomic E-state index is 5.87. The van der Waals surface area contributed by atoms with Gasteiger partial charge in [0.05, 0.1) is 11.2 Å². The van der Waals surface area contributed by atoms with Crippen LogP contribution in [0.3, 0.4) is 0 Å². The van der Waals surface area contributed by atoms with E-state index in [9.17, 15) is 0 Å². The minimum absolute atomic E-state index is 0.290. The molecule has 2 nitrogen and oxygen atoms in total. The van der Waals surface area contributed by atoms with Crippen LogP contribution in [-0.2, 0) is 9.31 Å². The molecule has 4 heteroatoms. The van der Waals surface area contributed by atoms with Crippen LogP contribution in [0.4, 0.5) is 0 Å². The second-order valence-electron chi connectivity index (χ2n) is 5.54. The van der Waals surface area contributed by atoms with E-state index in [1.165, 1.54) is 0 Å². The van der Waals surface area contributed by atoms with Crippen LogP contribution in [0.15, 0.2) is 30.2 Å². The highest BCUT2D eigenvalue weighted by atomic mass is 35.5. The van der Waals surface area contributed by atoms with Crippen LogP contribution in [0.2, 0.25) is 5.02 Å². The second-order valence-corrected chi connectivity index (χ2v) is 5.97. The molecule has 0 atom stereocenters. The number of rotatable bonds is 2. The van der Waals surface area contributed by atoms with Gasteiger partial charge in [-0.2, -0.15) is 0 Å². The molecule has 0 unspecified atom stereocenters. The van der Waals surface area contributed by atoms with Crippen molar-refractivity contribution in [3.05, 3.63) is 40.8 Å². The van der Waals surface area contributed by atoms with Crippen molar-refractivity contribution < 1.29 is 9.31 Å². The zero-order valence-electron chi connectivity index (χ0n) is 11.2. The molecule has 1 aliphatic rings. The summed E-state index contributed by atoms with van der Waals surface area (Å²) in [5.41, 5.74) is 0.499. The minimum atomic E-state index is -0.300. The molecule has 0 saturated carbocycles. The van der Waals surface area contributed by atoms with Crippen molar-refractivity contribution in [3.8, 4) is 0 Å². The van der Waals surface area contributed by atoms with E-state index < -0.39 is 0 Å². The Bertz CT molecular complexity index is 435. The standard InChI is InChI=1S/C14H18BClO2/c1-13(2)14(3,4)18-15(17-13)10-9-11-5-7-12(16)8-6-11/h5-10H,1-4H3/b10-9-. The molecule has 1 aliphatic heterocycles. The molecule has 0 amide bonds. The minimum Gasteiger partial charge on any atom is -0.400 e. The Balaban J connectivity index is 2.06. The van der Waals surface area contributed by atoms with E-state index in [2.05, 4.69) is 0 Å². The van der Waals surface area contributed by atoms with Crippen molar-refractivity contribution in [2.45, 2.75) is 38.9 Å². The Kier molecular flexibility index (Phi) is 3.59. The smallest absolute Gasteiger partial charge is 0.400 e. The van der Waals surface area contributed by atoms with Crippen molar-refractivity contribution in [3.63, 3.8) is 0 Å². The zero-order valence-corrected chi connectivity index (χ0v) is 12.0. The van der Waals surface area contributed by atoms with Gasteiger partial charge in [0.1, 0.15) is 0 Å². The average molecular weight is 265 g/mol. The van der Waals surface area contributed by atoms with Gasteiger partial charge in [-0.05, 0) is 45.4 Å². The Hall–Kier alpha value is -0.765. The Morgan fingerprint density at radius 1 is 1.00 bits per heavy atom. The Morgan fingerprint density at radius 2 is 1.50 bits per heavy atom. The van der Waals surface area contributed by atoms with E-state index in [-0.39, 0.29) is 18.3 Å². The molecule has 0 aromatic heterocycles. The normalized spacial score (nSPS) is 21.7. The first-order chi connectivity index (χ1) is 8.30. The first kappa shape index (κ1) is 13.7. The average Bonchev–Trinajstić information content (AvgIpc) is 2.47. The van der Waals surface area contributed by atoms with Gasteiger partial charge in [0.25, 0.3) is 0 Å². The summed E-state index contributed by atoms with van der Waals surface area (Å²) in [6.45, 7) is 8.18. The van der Waals surface area contributed by atoms with Crippen LogP contribution < -0.4 is 0 Å². The highest BCUT2D eigenvalue weighted by Crippen LogP contribution is 2.37. The molecule has 18 heavy (non-hydrogen) atoms. The SMILES string of the molecule is CC1(C)OB(/C=C\c2ccc(Cl)cc2)OC1(C)C. The van der Waals surface area contributed by atoms with Crippen molar-refractivity contribution in [2.75, 3.05) is 0 Å². The molecule has 1 saturated heterocycles. The van der Waals surface area contributed by atoms with Crippen LogP contribution in [0.5, 0.6) is 0 Å². The second kappa shape index (κ2) is 4.73. The predicted molar refractivity (Wildman–Crippen MR) is 76.6 cm³/mol. The van der Waals surface area contributed by atoms with Gasteiger partial charge in [-0.15, -0.1) is 0 Å². The van der Waals surface area contributed by atoms with Crippen LogP contribution in [-0.4, -0.2) is 18.3 Å². The highest BCUT2D eigenvalue weighted by molar-refractivity contribution is 6.52. The summed E-state index contributed by atoms with van der Waals surface area (Å²) in [5.74, 6) is 1.93. The molecule has 0 aliphatic carbocycles. The van der Waals surface area contributed by atoms with Crippen molar-refractivity contribution in [1.82, 2.24) is 0 Å². The maximum atomic E-state index is 5.87. The molecule has 1 fully saturated rings. The van der Waals surface area contributed by atoms with Gasteiger partial charge in [0.2, 0.25) is 0 Å². The summed E-state index contributed by atoms with van der Waals surface area (Å²) in [7, 11) is -0.300. The molecule has 1 heterocycles. The summed E-state index contributed by atoms with van der Waals surface area (Å²) in [6, 6.07) is 7.66. The summed E-state index contributed by atoms with van der Waals surface area (Å²) in [5, 5.41) is 0.739. The molecule has 1 aromatic rings.